The summed E-state index contributed by atoms with van der Waals surface area (Å²) in [5, 5.41) is 12.7. The van der Waals surface area contributed by atoms with Crippen LogP contribution >= 0.6 is 11.3 Å². The molecule has 23 heavy (non-hydrogen) atoms. The SMILES string of the molecule is Cc1nnc2sc(COc3ccc(C(C)(C)C)cc3)nn2c1=O. The van der Waals surface area contributed by atoms with E-state index in [9.17, 15) is 4.79 Å². The second-order valence-electron chi connectivity index (χ2n) is 6.34. The first kappa shape index (κ1) is 15.6. The van der Waals surface area contributed by atoms with Crippen molar-refractivity contribution in [1.82, 2.24) is 19.8 Å². The minimum Gasteiger partial charge on any atom is -0.486 e. The van der Waals surface area contributed by atoms with Gasteiger partial charge in [-0.25, -0.2) is 0 Å². The first-order chi connectivity index (χ1) is 10.8. The molecule has 3 aromatic rings. The second kappa shape index (κ2) is 5.73. The fraction of sp³-hybridized carbons (Fsp3) is 0.375. The standard InChI is InChI=1S/C16H18N4O2S/c1-10-14(21)20-15(18-17-10)23-13(19-20)9-22-12-7-5-11(6-8-12)16(2,3)4/h5-8H,9H2,1-4H3. The summed E-state index contributed by atoms with van der Waals surface area (Å²) in [6, 6.07) is 8.02. The van der Waals surface area contributed by atoms with Crippen LogP contribution in [0.5, 0.6) is 5.75 Å². The van der Waals surface area contributed by atoms with Gasteiger partial charge in [-0.1, -0.05) is 44.2 Å². The third kappa shape index (κ3) is 3.24. The second-order valence-corrected chi connectivity index (χ2v) is 7.38. The first-order valence-corrected chi connectivity index (χ1v) is 8.11. The van der Waals surface area contributed by atoms with Crippen LogP contribution in [0.2, 0.25) is 0 Å². The molecule has 120 valence electrons. The highest BCUT2D eigenvalue weighted by atomic mass is 32.1. The fourth-order valence-corrected chi connectivity index (χ4v) is 2.83. The fourth-order valence-electron chi connectivity index (χ4n) is 2.09. The average Bonchev–Trinajstić information content (AvgIpc) is 2.92. The highest BCUT2D eigenvalue weighted by Gasteiger charge is 2.13. The van der Waals surface area contributed by atoms with Gasteiger partial charge in [0.05, 0.1) is 0 Å². The van der Waals surface area contributed by atoms with Gasteiger partial charge >= 0.3 is 0 Å². The Kier molecular flexibility index (Phi) is 3.89. The molecule has 0 aliphatic carbocycles. The molecule has 7 heteroatoms. The predicted octanol–water partition coefficient (Wildman–Crippen LogP) is 2.73. The number of nitrogens with zero attached hydrogens (tertiary/aromatic N) is 4. The zero-order chi connectivity index (χ0) is 16.6. The lowest BCUT2D eigenvalue weighted by Crippen LogP contribution is -2.19. The molecule has 0 atom stereocenters. The van der Waals surface area contributed by atoms with Crippen LogP contribution in [0.4, 0.5) is 0 Å². The van der Waals surface area contributed by atoms with Crippen LogP contribution in [0.1, 0.15) is 37.0 Å². The van der Waals surface area contributed by atoms with Gasteiger partial charge in [0.15, 0.2) is 5.01 Å². The van der Waals surface area contributed by atoms with E-state index in [0.717, 1.165) is 5.75 Å². The molecule has 0 aliphatic rings. The summed E-state index contributed by atoms with van der Waals surface area (Å²) in [6.45, 7) is 8.43. The van der Waals surface area contributed by atoms with Gasteiger partial charge in [0.25, 0.3) is 5.56 Å². The minimum absolute atomic E-state index is 0.114. The Morgan fingerprint density at radius 2 is 1.87 bits per heavy atom. The van der Waals surface area contributed by atoms with E-state index < -0.39 is 0 Å². The van der Waals surface area contributed by atoms with Gasteiger partial charge < -0.3 is 4.74 Å². The summed E-state index contributed by atoms with van der Waals surface area (Å²) in [6.07, 6.45) is 0. The molecule has 0 amide bonds. The maximum Gasteiger partial charge on any atom is 0.296 e. The van der Waals surface area contributed by atoms with Gasteiger partial charge in [-0.05, 0) is 30.0 Å². The number of ether oxygens (including phenoxy) is 1. The van der Waals surface area contributed by atoms with Crippen molar-refractivity contribution in [2.75, 3.05) is 0 Å². The molecule has 0 saturated carbocycles. The topological polar surface area (TPSA) is 69.4 Å². The molecule has 2 heterocycles. The maximum absolute atomic E-state index is 11.9. The molecule has 0 spiro atoms. The van der Waals surface area contributed by atoms with Crippen LogP contribution in [0, 0.1) is 6.92 Å². The number of benzene rings is 1. The average molecular weight is 330 g/mol. The molecule has 2 aromatic heterocycles. The first-order valence-electron chi connectivity index (χ1n) is 7.30. The molecule has 0 bridgehead atoms. The number of hydrogen-bond acceptors (Lipinski definition) is 6. The van der Waals surface area contributed by atoms with E-state index in [2.05, 4.69) is 48.2 Å². The van der Waals surface area contributed by atoms with Gasteiger partial charge in [-0.3, -0.25) is 4.79 Å². The van der Waals surface area contributed by atoms with Crippen molar-refractivity contribution in [3.8, 4) is 5.75 Å². The zero-order valence-electron chi connectivity index (χ0n) is 13.5. The monoisotopic (exact) mass is 330 g/mol. The smallest absolute Gasteiger partial charge is 0.296 e. The number of aryl methyl sites for hydroxylation is 1. The predicted molar refractivity (Wildman–Crippen MR) is 89.1 cm³/mol. The lowest BCUT2D eigenvalue weighted by Gasteiger charge is -2.19. The number of aromatic nitrogens is 4. The van der Waals surface area contributed by atoms with E-state index in [1.54, 1.807) is 6.92 Å². The minimum atomic E-state index is -0.243. The summed E-state index contributed by atoms with van der Waals surface area (Å²) in [4.78, 5) is 12.4. The molecule has 0 unspecified atom stereocenters. The van der Waals surface area contributed by atoms with Crippen molar-refractivity contribution in [2.45, 2.75) is 39.7 Å². The molecular formula is C16H18N4O2S. The molecule has 0 saturated heterocycles. The Morgan fingerprint density at radius 1 is 1.17 bits per heavy atom. The molecule has 0 radical (unpaired) electrons. The van der Waals surface area contributed by atoms with Gasteiger partial charge in [-0.15, -0.1) is 10.2 Å². The molecule has 0 N–H and O–H groups in total. The van der Waals surface area contributed by atoms with E-state index in [1.165, 1.54) is 21.4 Å². The molecule has 0 fully saturated rings. The Labute approximate surface area is 137 Å². The number of rotatable bonds is 3. The van der Waals surface area contributed by atoms with Gasteiger partial charge in [0.1, 0.15) is 18.1 Å². The Bertz CT molecular complexity index is 891. The summed E-state index contributed by atoms with van der Waals surface area (Å²) >= 11 is 1.30. The lowest BCUT2D eigenvalue weighted by atomic mass is 9.87. The summed E-state index contributed by atoms with van der Waals surface area (Å²) in [5.41, 5.74) is 1.45. The summed E-state index contributed by atoms with van der Waals surface area (Å²) in [5.74, 6) is 0.770. The van der Waals surface area contributed by atoms with E-state index in [-0.39, 0.29) is 11.0 Å². The van der Waals surface area contributed by atoms with Crippen molar-refractivity contribution in [1.29, 1.82) is 0 Å². The van der Waals surface area contributed by atoms with Gasteiger partial charge in [0.2, 0.25) is 4.96 Å². The van der Waals surface area contributed by atoms with Crippen LogP contribution in [0.3, 0.4) is 0 Å². The quantitative estimate of drug-likeness (QED) is 0.738. The maximum atomic E-state index is 11.9. The molecular weight excluding hydrogens is 312 g/mol. The number of hydrogen-bond donors (Lipinski definition) is 0. The lowest BCUT2D eigenvalue weighted by molar-refractivity contribution is 0.303. The Hall–Kier alpha value is -2.28. The Balaban J connectivity index is 1.76. The van der Waals surface area contributed by atoms with Crippen molar-refractivity contribution in [3.05, 3.63) is 50.9 Å². The van der Waals surface area contributed by atoms with Crippen LogP contribution in [0.25, 0.3) is 4.96 Å². The Morgan fingerprint density at radius 3 is 2.52 bits per heavy atom. The van der Waals surface area contributed by atoms with E-state index in [0.29, 0.717) is 22.3 Å². The molecule has 1 aromatic carbocycles. The van der Waals surface area contributed by atoms with Gasteiger partial charge in [0, 0.05) is 0 Å². The van der Waals surface area contributed by atoms with Crippen LogP contribution < -0.4 is 10.3 Å². The van der Waals surface area contributed by atoms with E-state index in [1.807, 2.05) is 12.1 Å². The van der Waals surface area contributed by atoms with E-state index >= 15 is 0 Å². The highest BCUT2D eigenvalue weighted by molar-refractivity contribution is 7.16. The van der Waals surface area contributed by atoms with Crippen LogP contribution in [-0.2, 0) is 12.0 Å². The van der Waals surface area contributed by atoms with Crippen LogP contribution in [-0.4, -0.2) is 19.8 Å². The summed E-state index contributed by atoms with van der Waals surface area (Å²) < 4.78 is 7.02. The van der Waals surface area contributed by atoms with Crippen LogP contribution in [0.15, 0.2) is 29.1 Å². The van der Waals surface area contributed by atoms with Crippen molar-refractivity contribution >= 4 is 16.3 Å². The summed E-state index contributed by atoms with van der Waals surface area (Å²) in [7, 11) is 0. The number of fused-ring (bicyclic) bond motifs is 1. The zero-order valence-corrected chi connectivity index (χ0v) is 14.3. The third-order valence-corrected chi connectivity index (χ3v) is 4.34. The van der Waals surface area contributed by atoms with E-state index in [4.69, 9.17) is 4.74 Å². The van der Waals surface area contributed by atoms with Crippen molar-refractivity contribution in [2.24, 2.45) is 0 Å². The highest BCUT2D eigenvalue weighted by Crippen LogP contribution is 2.24. The largest absolute Gasteiger partial charge is 0.486 e. The third-order valence-electron chi connectivity index (χ3n) is 3.47. The van der Waals surface area contributed by atoms with Crippen molar-refractivity contribution in [3.63, 3.8) is 0 Å². The molecule has 0 aliphatic heterocycles. The normalized spacial score (nSPS) is 11.8. The molecule has 3 rings (SSSR count). The van der Waals surface area contributed by atoms with Gasteiger partial charge in [-0.2, -0.15) is 9.61 Å². The van der Waals surface area contributed by atoms with Crippen molar-refractivity contribution < 1.29 is 4.74 Å². The molecule has 6 nitrogen and oxygen atoms in total.